The third-order valence-corrected chi connectivity index (χ3v) is 5.71. The Kier molecular flexibility index (Phi) is 6.32. The van der Waals surface area contributed by atoms with E-state index >= 15 is 0 Å². The fourth-order valence-corrected chi connectivity index (χ4v) is 4.23. The number of anilines is 2. The number of hydrogen-bond donors (Lipinski definition) is 2. The quantitative estimate of drug-likeness (QED) is 0.450. The van der Waals surface area contributed by atoms with Crippen LogP contribution in [0, 0.1) is 13.8 Å². The molecule has 8 nitrogen and oxygen atoms in total. The highest BCUT2D eigenvalue weighted by Gasteiger charge is 2.26. The molecule has 2 amide bonds. The number of aryl methyl sites for hydroxylation is 2. The van der Waals surface area contributed by atoms with E-state index in [4.69, 9.17) is 5.10 Å². The number of nitrogens with zero attached hydrogens (tertiary/aromatic N) is 3. The number of amides is 2. The summed E-state index contributed by atoms with van der Waals surface area (Å²) in [4.78, 5) is 37.9. The van der Waals surface area contributed by atoms with Crippen molar-refractivity contribution in [2.24, 2.45) is 0 Å². The molecule has 4 rings (SSSR count). The van der Waals surface area contributed by atoms with Gasteiger partial charge in [0.2, 0.25) is 11.8 Å². The molecule has 174 valence electrons. The summed E-state index contributed by atoms with van der Waals surface area (Å²) in [5.74, 6) is -0.476. The third-order valence-electron chi connectivity index (χ3n) is 5.71. The van der Waals surface area contributed by atoms with Crippen molar-refractivity contribution in [1.82, 2.24) is 14.3 Å². The van der Waals surface area contributed by atoms with Crippen LogP contribution in [0.25, 0.3) is 16.7 Å². The van der Waals surface area contributed by atoms with E-state index in [0.29, 0.717) is 23.4 Å². The lowest BCUT2D eigenvalue weighted by Crippen LogP contribution is -2.34. The van der Waals surface area contributed by atoms with Gasteiger partial charge < -0.3 is 10.6 Å². The van der Waals surface area contributed by atoms with Crippen molar-refractivity contribution < 1.29 is 9.59 Å². The molecular weight excluding hydrogens is 430 g/mol. The molecule has 8 heteroatoms. The van der Waals surface area contributed by atoms with Gasteiger partial charge in [0, 0.05) is 29.8 Å². The molecule has 0 aliphatic heterocycles. The standard InChI is InChI=1S/C26H27N5O3/c1-5-22(25(34)28-20-13-11-19(12-14-20)27-18(4)32)30-23(33)15-16(2)24-17(3)29-31(26(24)30)21-9-7-6-8-10-21/h6-15,22H,5H2,1-4H3,(H,27,32)(H,28,34). The minimum absolute atomic E-state index is 0.170. The number of hydrogen-bond acceptors (Lipinski definition) is 4. The first kappa shape index (κ1) is 23.0. The van der Waals surface area contributed by atoms with E-state index in [1.54, 1.807) is 35.0 Å². The topological polar surface area (TPSA) is 98.0 Å². The number of carbonyl (C=O) groups excluding carboxylic acids is 2. The lowest BCUT2D eigenvalue weighted by molar-refractivity contribution is -0.119. The number of nitrogens with one attached hydrogen (secondary N) is 2. The molecule has 0 bridgehead atoms. The van der Waals surface area contributed by atoms with Gasteiger partial charge in [0.15, 0.2) is 0 Å². The Bertz CT molecular complexity index is 1420. The lowest BCUT2D eigenvalue weighted by Gasteiger charge is -2.21. The van der Waals surface area contributed by atoms with E-state index < -0.39 is 6.04 Å². The van der Waals surface area contributed by atoms with Crippen LogP contribution in [0.1, 0.15) is 37.6 Å². The van der Waals surface area contributed by atoms with Gasteiger partial charge in [-0.05, 0) is 62.2 Å². The fourth-order valence-electron chi connectivity index (χ4n) is 4.23. The Balaban J connectivity index is 1.79. The third kappa shape index (κ3) is 4.34. The number of para-hydroxylation sites is 1. The molecule has 2 N–H and O–H groups in total. The van der Waals surface area contributed by atoms with Gasteiger partial charge >= 0.3 is 0 Å². The van der Waals surface area contributed by atoms with Crippen molar-refractivity contribution in [2.75, 3.05) is 10.6 Å². The summed E-state index contributed by atoms with van der Waals surface area (Å²) < 4.78 is 3.27. The molecule has 1 atom stereocenters. The maximum Gasteiger partial charge on any atom is 0.253 e. The second kappa shape index (κ2) is 9.35. The van der Waals surface area contributed by atoms with Crippen LogP contribution in [0.3, 0.4) is 0 Å². The van der Waals surface area contributed by atoms with E-state index in [0.717, 1.165) is 22.3 Å². The summed E-state index contributed by atoms with van der Waals surface area (Å²) in [5.41, 5.74) is 3.96. The van der Waals surface area contributed by atoms with Crippen LogP contribution < -0.4 is 16.2 Å². The molecule has 0 spiro atoms. The van der Waals surface area contributed by atoms with Crippen molar-refractivity contribution in [3.8, 4) is 5.69 Å². The highest BCUT2D eigenvalue weighted by molar-refractivity contribution is 5.96. The monoisotopic (exact) mass is 457 g/mol. The zero-order chi connectivity index (χ0) is 24.4. The first-order valence-electron chi connectivity index (χ1n) is 11.2. The van der Waals surface area contributed by atoms with Crippen molar-refractivity contribution in [3.63, 3.8) is 0 Å². The molecule has 0 aliphatic rings. The number of aromatic nitrogens is 3. The second-order valence-corrected chi connectivity index (χ2v) is 8.24. The Morgan fingerprint density at radius 2 is 1.59 bits per heavy atom. The molecule has 0 aliphatic carbocycles. The van der Waals surface area contributed by atoms with Gasteiger partial charge in [0.1, 0.15) is 11.7 Å². The molecule has 34 heavy (non-hydrogen) atoms. The van der Waals surface area contributed by atoms with Crippen molar-refractivity contribution >= 4 is 34.2 Å². The van der Waals surface area contributed by atoms with Crippen LogP contribution in [0.15, 0.2) is 65.5 Å². The van der Waals surface area contributed by atoms with Gasteiger partial charge in [-0.1, -0.05) is 25.1 Å². The minimum Gasteiger partial charge on any atom is -0.326 e. The molecule has 0 saturated heterocycles. The molecule has 1 unspecified atom stereocenters. The van der Waals surface area contributed by atoms with E-state index in [1.807, 2.05) is 51.1 Å². The minimum atomic E-state index is -0.746. The molecule has 0 radical (unpaired) electrons. The van der Waals surface area contributed by atoms with Crippen molar-refractivity contribution in [2.45, 2.75) is 40.2 Å². The van der Waals surface area contributed by atoms with E-state index in [1.165, 1.54) is 11.5 Å². The van der Waals surface area contributed by atoms with Crippen LogP contribution in [0.5, 0.6) is 0 Å². The zero-order valence-electron chi connectivity index (χ0n) is 19.6. The van der Waals surface area contributed by atoms with Gasteiger partial charge in [-0.2, -0.15) is 5.10 Å². The SMILES string of the molecule is CCC(C(=O)Nc1ccc(NC(C)=O)cc1)n1c(=O)cc(C)c2c(C)nn(-c3ccccc3)c21. The van der Waals surface area contributed by atoms with Crippen molar-refractivity contribution in [3.05, 3.63) is 82.3 Å². The number of pyridine rings is 1. The van der Waals surface area contributed by atoms with E-state index in [-0.39, 0.29) is 17.4 Å². The summed E-state index contributed by atoms with van der Waals surface area (Å²) in [7, 11) is 0. The number of fused-ring (bicyclic) bond motifs is 1. The first-order valence-corrected chi connectivity index (χ1v) is 11.2. The summed E-state index contributed by atoms with van der Waals surface area (Å²) >= 11 is 0. The molecule has 0 fully saturated rings. The van der Waals surface area contributed by atoms with Crippen molar-refractivity contribution in [1.29, 1.82) is 0 Å². The summed E-state index contributed by atoms with van der Waals surface area (Å²) in [6.07, 6.45) is 0.410. The van der Waals surface area contributed by atoms with Gasteiger partial charge in [-0.3, -0.25) is 19.0 Å². The summed E-state index contributed by atoms with van der Waals surface area (Å²) in [6.45, 7) is 7.10. The fraction of sp³-hybridized carbons (Fsp3) is 0.231. The lowest BCUT2D eigenvalue weighted by atomic mass is 10.1. The highest BCUT2D eigenvalue weighted by atomic mass is 16.2. The van der Waals surface area contributed by atoms with Crippen LogP contribution >= 0.6 is 0 Å². The molecule has 0 saturated carbocycles. The van der Waals surface area contributed by atoms with Gasteiger partial charge in [0.05, 0.1) is 11.4 Å². The number of rotatable bonds is 6. The van der Waals surface area contributed by atoms with Gasteiger partial charge in [-0.25, -0.2) is 4.68 Å². The first-order chi connectivity index (χ1) is 16.3. The maximum absolute atomic E-state index is 13.4. The molecule has 4 aromatic rings. The van der Waals surface area contributed by atoms with Crippen LogP contribution in [-0.2, 0) is 9.59 Å². The average Bonchev–Trinajstić information content (AvgIpc) is 3.15. The van der Waals surface area contributed by atoms with E-state index in [9.17, 15) is 14.4 Å². The molecule has 2 aromatic carbocycles. The predicted octanol–water partition coefficient (Wildman–Crippen LogP) is 4.35. The normalized spacial score (nSPS) is 11.9. The highest BCUT2D eigenvalue weighted by Crippen LogP contribution is 2.27. The maximum atomic E-state index is 13.4. The second-order valence-electron chi connectivity index (χ2n) is 8.24. The van der Waals surface area contributed by atoms with Gasteiger partial charge in [-0.15, -0.1) is 0 Å². The number of carbonyl (C=O) groups is 2. The number of benzene rings is 2. The average molecular weight is 458 g/mol. The molecular formula is C26H27N5O3. The van der Waals surface area contributed by atoms with Crippen LogP contribution in [0.4, 0.5) is 11.4 Å². The Morgan fingerprint density at radius 1 is 0.971 bits per heavy atom. The Hall–Kier alpha value is -4.20. The molecule has 2 heterocycles. The van der Waals surface area contributed by atoms with Crippen LogP contribution in [-0.4, -0.2) is 26.2 Å². The Morgan fingerprint density at radius 3 is 2.18 bits per heavy atom. The predicted molar refractivity (Wildman–Crippen MR) is 134 cm³/mol. The summed E-state index contributed by atoms with van der Waals surface area (Å²) in [6, 6.07) is 17.2. The molecule has 2 aromatic heterocycles. The van der Waals surface area contributed by atoms with E-state index in [2.05, 4.69) is 10.6 Å². The Labute approximate surface area is 197 Å². The smallest absolute Gasteiger partial charge is 0.253 e. The van der Waals surface area contributed by atoms with Gasteiger partial charge in [0.25, 0.3) is 5.56 Å². The largest absolute Gasteiger partial charge is 0.326 e. The van der Waals surface area contributed by atoms with Crippen LogP contribution in [0.2, 0.25) is 0 Å². The summed E-state index contributed by atoms with van der Waals surface area (Å²) in [5, 5.41) is 11.2. The zero-order valence-corrected chi connectivity index (χ0v) is 19.6.